The van der Waals surface area contributed by atoms with Crippen molar-refractivity contribution in [3.8, 4) is 5.88 Å². The van der Waals surface area contributed by atoms with E-state index >= 15 is 0 Å². The maximum absolute atomic E-state index is 11.8. The number of aromatic amines is 2. The van der Waals surface area contributed by atoms with Crippen molar-refractivity contribution in [2.45, 2.75) is 32.6 Å². The second-order valence-corrected chi connectivity index (χ2v) is 4.55. The van der Waals surface area contributed by atoms with Crippen molar-refractivity contribution in [2.75, 3.05) is 13.1 Å². The third kappa shape index (κ3) is 3.04. The Morgan fingerprint density at radius 3 is 2.53 bits per heavy atom. The lowest BCUT2D eigenvalue weighted by Crippen LogP contribution is -2.30. The van der Waals surface area contributed by atoms with Crippen LogP contribution in [0.5, 0.6) is 5.88 Å². The van der Waals surface area contributed by atoms with Crippen molar-refractivity contribution in [2.24, 2.45) is 5.10 Å². The first-order valence-corrected chi connectivity index (χ1v) is 6.50. The fourth-order valence-corrected chi connectivity index (χ4v) is 2.19. The predicted molar refractivity (Wildman–Crippen MR) is 71.6 cm³/mol. The number of hydrogen-bond donors (Lipinski definition) is 3. The van der Waals surface area contributed by atoms with Crippen LogP contribution >= 0.6 is 0 Å². The highest BCUT2D eigenvalue weighted by Gasteiger charge is 2.16. The van der Waals surface area contributed by atoms with E-state index in [2.05, 4.69) is 15.1 Å². The summed E-state index contributed by atoms with van der Waals surface area (Å²) in [5.74, 6) is -0.425. The Morgan fingerprint density at radius 1 is 1.26 bits per heavy atom. The standard InChI is InChI=1S/C12H18N4O3/c1-2-8(15-16-6-4-3-5-7-16)9-10(17)13-12(19)14-11(9)18/h2-7H2,1H3,(H3,13,14,17,18,19)/b15-8+. The van der Waals surface area contributed by atoms with Crippen LogP contribution in [0.3, 0.4) is 0 Å². The molecule has 19 heavy (non-hydrogen) atoms. The van der Waals surface area contributed by atoms with Crippen LogP contribution < -0.4 is 11.2 Å². The Kier molecular flexibility index (Phi) is 4.03. The fraction of sp³-hybridized carbons (Fsp3) is 0.583. The summed E-state index contributed by atoms with van der Waals surface area (Å²) in [5, 5.41) is 16.1. The van der Waals surface area contributed by atoms with Gasteiger partial charge in [-0.1, -0.05) is 6.92 Å². The second kappa shape index (κ2) is 5.73. The van der Waals surface area contributed by atoms with Crippen molar-refractivity contribution in [1.82, 2.24) is 15.0 Å². The quantitative estimate of drug-likeness (QED) is 0.688. The molecule has 0 atom stereocenters. The van der Waals surface area contributed by atoms with E-state index in [0.29, 0.717) is 12.1 Å². The normalized spacial score (nSPS) is 16.7. The number of nitrogens with zero attached hydrogens (tertiary/aromatic N) is 2. The minimum Gasteiger partial charge on any atom is -0.494 e. The molecule has 1 aliphatic rings. The number of hydrazone groups is 1. The zero-order chi connectivity index (χ0) is 13.8. The summed E-state index contributed by atoms with van der Waals surface area (Å²) in [6, 6.07) is 0. The molecule has 0 aromatic carbocycles. The van der Waals surface area contributed by atoms with Crippen LogP contribution in [0.15, 0.2) is 14.7 Å². The van der Waals surface area contributed by atoms with Gasteiger partial charge in [0.05, 0.1) is 5.71 Å². The fourth-order valence-electron chi connectivity index (χ4n) is 2.19. The number of H-pyrrole nitrogens is 2. The highest BCUT2D eigenvalue weighted by atomic mass is 16.3. The van der Waals surface area contributed by atoms with Crippen LogP contribution in [-0.4, -0.2) is 38.9 Å². The first-order valence-electron chi connectivity index (χ1n) is 6.50. The molecule has 0 aliphatic carbocycles. The molecule has 7 heteroatoms. The highest BCUT2D eigenvalue weighted by molar-refractivity contribution is 6.01. The monoisotopic (exact) mass is 266 g/mol. The van der Waals surface area contributed by atoms with Gasteiger partial charge < -0.3 is 5.11 Å². The molecule has 0 bridgehead atoms. The van der Waals surface area contributed by atoms with Gasteiger partial charge in [0.1, 0.15) is 5.56 Å². The smallest absolute Gasteiger partial charge is 0.328 e. The number of piperidine rings is 1. The Balaban J connectivity index is 2.39. The number of rotatable bonds is 3. The molecule has 0 saturated carbocycles. The summed E-state index contributed by atoms with van der Waals surface area (Å²) in [4.78, 5) is 27.1. The lowest BCUT2D eigenvalue weighted by atomic mass is 10.1. The van der Waals surface area contributed by atoms with Crippen molar-refractivity contribution in [1.29, 1.82) is 0 Å². The van der Waals surface area contributed by atoms with Gasteiger partial charge in [-0.3, -0.25) is 19.8 Å². The summed E-state index contributed by atoms with van der Waals surface area (Å²) in [6.45, 7) is 3.56. The molecular weight excluding hydrogens is 248 g/mol. The first-order chi connectivity index (χ1) is 9.11. The minimum absolute atomic E-state index is 0.0488. The summed E-state index contributed by atoms with van der Waals surface area (Å²) in [7, 11) is 0. The molecule has 1 aliphatic heterocycles. The summed E-state index contributed by atoms with van der Waals surface area (Å²) < 4.78 is 0. The number of aromatic nitrogens is 2. The van der Waals surface area contributed by atoms with Crippen LogP contribution in [0.1, 0.15) is 38.2 Å². The second-order valence-electron chi connectivity index (χ2n) is 4.55. The van der Waals surface area contributed by atoms with Gasteiger partial charge in [0, 0.05) is 13.1 Å². The van der Waals surface area contributed by atoms with Gasteiger partial charge in [0.25, 0.3) is 5.56 Å². The average molecular weight is 266 g/mol. The zero-order valence-electron chi connectivity index (χ0n) is 10.9. The Labute approximate surface area is 110 Å². The molecule has 0 spiro atoms. The molecule has 0 amide bonds. The average Bonchev–Trinajstić information content (AvgIpc) is 2.37. The maximum atomic E-state index is 11.8. The predicted octanol–water partition coefficient (Wildman–Crippen LogP) is 0.369. The van der Waals surface area contributed by atoms with Gasteiger partial charge in [-0.25, -0.2) is 4.79 Å². The molecule has 3 N–H and O–H groups in total. The number of aromatic hydroxyl groups is 1. The molecule has 1 aromatic heterocycles. The van der Waals surface area contributed by atoms with E-state index in [0.717, 1.165) is 25.9 Å². The molecular formula is C12H18N4O3. The SMILES string of the molecule is CC/C(=N\N1CCCCC1)c1c(O)[nH]c(=O)[nH]c1=O. The Bertz CT molecular complexity index is 581. The highest BCUT2D eigenvalue weighted by Crippen LogP contribution is 2.13. The molecule has 1 aromatic rings. The molecule has 0 radical (unpaired) electrons. The Morgan fingerprint density at radius 2 is 1.95 bits per heavy atom. The van der Waals surface area contributed by atoms with E-state index in [4.69, 9.17) is 0 Å². The van der Waals surface area contributed by atoms with Gasteiger partial charge in [0.15, 0.2) is 0 Å². The molecule has 0 unspecified atom stereocenters. The van der Waals surface area contributed by atoms with Crippen molar-refractivity contribution < 1.29 is 5.11 Å². The van der Waals surface area contributed by atoms with E-state index < -0.39 is 17.1 Å². The van der Waals surface area contributed by atoms with Gasteiger partial charge in [-0.15, -0.1) is 0 Å². The van der Waals surface area contributed by atoms with Crippen LogP contribution in [0.2, 0.25) is 0 Å². The molecule has 2 heterocycles. The van der Waals surface area contributed by atoms with Gasteiger partial charge in [-0.2, -0.15) is 5.10 Å². The maximum Gasteiger partial charge on any atom is 0.328 e. The van der Waals surface area contributed by atoms with E-state index in [1.54, 1.807) is 0 Å². The van der Waals surface area contributed by atoms with Gasteiger partial charge >= 0.3 is 5.69 Å². The summed E-state index contributed by atoms with van der Waals surface area (Å²) >= 11 is 0. The Hall–Kier alpha value is -2.05. The lowest BCUT2D eigenvalue weighted by molar-refractivity contribution is 0.239. The topological polar surface area (TPSA) is 102 Å². The van der Waals surface area contributed by atoms with Crippen LogP contribution in [0, 0.1) is 0 Å². The third-order valence-electron chi connectivity index (χ3n) is 3.14. The summed E-state index contributed by atoms with van der Waals surface area (Å²) in [6.07, 6.45) is 3.85. The van der Waals surface area contributed by atoms with Crippen LogP contribution in [-0.2, 0) is 0 Å². The molecule has 104 valence electrons. The number of nitrogens with one attached hydrogen (secondary N) is 2. The summed E-state index contributed by atoms with van der Waals surface area (Å²) in [5.41, 5.74) is -0.803. The van der Waals surface area contributed by atoms with E-state index in [1.165, 1.54) is 6.42 Å². The lowest BCUT2D eigenvalue weighted by Gasteiger charge is -2.24. The number of hydrogen-bond acceptors (Lipinski definition) is 5. The van der Waals surface area contributed by atoms with Crippen molar-refractivity contribution >= 4 is 5.71 Å². The largest absolute Gasteiger partial charge is 0.494 e. The molecule has 1 fully saturated rings. The van der Waals surface area contributed by atoms with Gasteiger partial charge in [0.2, 0.25) is 5.88 Å². The zero-order valence-corrected chi connectivity index (χ0v) is 10.9. The molecule has 7 nitrogen and oxygen atoms in total. The van der Waals surface area contributed by atoms with E-state index in [-0.39, 0.29) is 5.56 Å². The molecule has 2 rings (SSSR count). The van der Waals surface area contributed by atoms with Crippen LogP contribution in [0.4, 0.5) is 0 Å². The third-order valence-corrected chi connectivity index (χ3v) is 3.14. The first kappa shape index (κ1) is 13.4. The molecule has 1 saturated heterocycles. The van der Waals surface area contributed by atoms with Crippen molar-refractivity contribution in [3.05, 3.63) is 26.4 Å². The minimum atomic E-state index is -0.723. The van der Waals surface area contributed by atoms with E-state index in [9.17, 15) is 14.7 Å². The van der Waals surface area contributed by atoms with E-state index in [1.807, 2.05) is 11.9 Å². The van der Waals surface area contributed by atoms with Crippen molar-refractivity contribution in [3.63, 3.8) is 0 Å². The van der Waals surface area contributed by atoms with Crippen LogP contribution in [0.25, 0.3) is 0 Å². The van der Waals surface area contributed by atoms with Gasteiger partial charge in [-0.05, 0) is 25.7 Å².